The molecule has 3 fully saturated rings. The standard InChI is InChI=1S/C38H45F3N2O6/c1-22(2)20-43(32(46)14-9-25-7-11-28(12-8-25)38(39,40)41)29-15-16-37(49-24(4)45)31-19-27-10-13-30(47-23(3)44)34-33(27)36(37,35(29)48-34)17-18-42(31)21-26-5-6-26/h7-8,10-13,22,26,29,31,35H,5-6,9,14-21H2,1-4H3/t29?,31-,35?,36+,37-/m1/s1. The number of alkyl halides is 3. The highest BCUT2D eigenvalue weighted by Gasteiger charge is 2.76. The Kier molecular flexibility index (Phi) is 8.52. The Hall–Kier alpha value is -3.60. The van der Waals surface area contributed by atoms with Crippen LogP contribution in [0.3, 0.4) is 0 Å². The van der Waals surface area contributed by atoms with Crippen molar-refractivity contribution in [1.29, 1.82) is 0 Å². The quantitative estimate of drug-likeness (QED) is 0.216. The number of amides is 1. The zero-order valence-corrected chi connectivity index (χ0v) is 28.6. The van der Waals surface area contributed by atoms with Crippen LogP contribution < -0.4 is 9.47 Å². The summed E-state index contributed by atoms with van der Waals surface area (Å²) >= 11 is 0. The molecule has 11 heteroatoms. The average molecular weight is 683 g/mol. The molecule has 2 aromatic rings. The number of piperidine rings is 1. The molecule has 2 saturated carbocycles. The number of benzene rings is 2. The topological polar surface area (TPSA) is 85.4 Å². The third-order valence-corrected chi connectivity index (χ3v) is 11.4. The van der Waals surface area contributed by atoms with E-state index in [1.807, 2.05) is 11.0 Å². The van der Waals surface area contributed by atoms with Crippen LogP contribution in [0.25, 0.3) is 0 Å². The molecule has 2 bridgehead atoms. The van der Waals surface area contributed by atoms with Crippen molar-refractivity contribution in [2.24, 2.45) is 11.8 Å². The van der Waals surface area contributed by atoms with Crippen molar-refractivity contribution < 1.29 is 41.8 Å². The Morgan fingerprint density at radius 1 is 1.02 bits per heavy atom. The van der Waals surface area contributed by atoms with Crippen LogP contribution in [-0.2, 0) is 43.6 Å². The lowest BCUT2D eigenvalue weighted by atomic mass is 9.48. The monoisotopic (exact) mass is 682 g/mol. The third kappa shape index (κ3) is 5.79. The smallest absolute Gasteiger partial charge is 0.416 e. The summed E-state index contributed by atoms with van der Waals surface area (Å²) in [5.74, 6) is 0.668. The maximum absolute atomic E-state index is 14.3. The predicted octanol–water partition coefficient (Wildman–Crippen LogP) is 6.25. The molecule has 1 saturated heterocycles. The van der Waals surface area contributed by atoms with Crippen molar-refractivity contribution in [2.75, 3.05) is 19.6 Å². The molecule has 5 atom stereocenters. The number of hydrogen-bond acceptors (Lipinski definition) is 7. The van der Waals surface area contributed by atoms with Gasteiger partial charge in [0.2, 0.25) is 5.91 Å². The lowest BCUT2D eigenvalue weighted by molar-refractivity contribution is -0.224. The Balaban J connectivity index is 1.28. The first kappa shape index (κ1) is 33.9. The summed E-state index contributed by atoms with van der Waals surface area (Å²) in [6, 6.07) is 8.34. The minimum absolute atomic E-state index is 0.0651. The van der Waals surface area contributed by atoms with E-state index in [1.165, 1.54) is 38.8 Å². The molecule has 2 heterocycles. The van der Waals surface area contributed by atoms with E-state index in [2.05, 4.69) is 18.7 Å². The van der Waals surface area contributed by atoms with Crippen LogP contribution in [-0.4, -0.2) is 71.1 Å². The molecule has 1 amide bonds. The van der Waals surface area contributed by atoms with Crippen molar-refractivity contribution in [1.82, 2.24) is 9.80 Å². The number of carbonyl (C=O) groups is 3. The minimum Gasteiger partial charge on any atom is -0.483 e. The molecule has 2 aliphatic heterocycles. The van der Waals surface area contributed by atoms with Crippen LogP contribution in [0.4, 0.5) is 13.2 Å². The van der Waals surface area contributed by atoms with Gasteiger partial charge in [-0.15, -0.1) is 0 Å². The first-order valence-corrected chi connectivity index (χ1v) is 17.6. The number of rotatable bonds is 10. The lowest BCUT2D eigenvalue weighted by Gasteiger charge is -2.65. The van der Waals surface area contributed by atoms with Crippen LogP contribution in [0.5, 0.6) is 11.5 Å². The van der Waals surface area contributed by atoms with Crippen molar-refractivity contribution in [3.63, 3.8) is 0 Å². The second kappa shape index (κ2) is 12.3. The molecule has 0 radical (unpaired) electrons. The van der Waals surface area contributed by atoms with Gasteiger partial charge in [0.25, 0.3) is 0 Å². The molecule has 1 spiro atoms. The summed E-state index contributed by atoms with van der Waals surface area (Å²) in [5.41, 5.74) is 0.292. The number of carbonyl (C=O) groups excluding carboxylic acids is 3. The fourth-order valence-corrected chi connectivity index (χ4v) is 9.50. The largest absolute Gasteiger partial charge is 0.483 e. The molecule has 5 aliphatic rings. The highest BCUT2D eigenvalue weighted by Crippen LogP contribution is 2.67. The number of esters is 2. The fraction of sp³-hybridized carbons (Fsp3) is 0.605. The van der Waals surface area contributed by atoms with Gasteiger partial charge in [0.15, 0.2) is 11.5 Å². The van der Waals surface area contributed by atoms with Gasteiger partial charge in [-0.25, -0.2) is 0 Å². The molecule has 264 valence electrons. The van der Waals surface area contributed by atoms with Gasteiger partial charge in [-0.1, -0.05) is 32.0 Å². The predicted molar refractivity (Wildman–Crippen MR) is 174 cm³/mol. The Morgan fingerprint density at radius 3 is 2.39 bits per heavy atom. The van der Waals surface area contributed by atoms with Crippen molar-refractivity contribution >= 4 is 17.8 Å². The van der Waals surface area contributed by atoms with Gasteiger partial charge < -0.3 is 19.1 Å². The van der Waals surface area contributed by atoms with E-state index >= 15 is 0 Å². The summed E-state index contributed by atoms with van der Waals surface area (Å²) in [7, 11) is 0. The zero-order chi connectivity index (χ0) is 34.9. The van der Waals surface area contributed by atoms with Crippen LogP contribution in [0.1, 0.15) is 88.5 Å². The number of ether oxygens (including phenoxy) is 3. The number of aryl methyl sites for hydroxylation is 1. The van der Waals surface area contributed by atoms with E-state index in [0.717, 1.165) is 36.3 Å². The summed E-state index contributed by atoms with van der Waals surface area (Å²) in [6.07, 6.45) is 0.246. The maximum atomic E-state index is 14.3. The van der Waals surface area contributed by atoms with Gasteiger partial charge in [-0.3, -0.25) is 19.3 Å². The zero-order valence-electron chi connectivity index (χ0n) is 28.6. The van der Waals surface area contributed by atoms with Crippen LogP contribution >= 0.6 is 0 Å². The van der Waals surface area contributed by atoms with Gasteiger partial charge in [0, 0.05) is 38.9 Å². The highest BCUT2D eigenvalue weighted by molar-refractivity contribution is 5.78. The van der Waals surface area contributed by atoms with E-state index in [9.17, 15) is 27.6 Å². The molecule has 8 nitrogen and oxygen atoms in total. The van der Waals surface area contributed by atoms with E-state index in [1.54, 1.807) is 6.07 Å². The van der Waals surface area contributed by atoms with Crippen LogP contribution in [0.15, 0.2) is 36.4 Å². The molecule has 3 aliphatic carbocycles. The van der Waals surface area contributed by atoms with Gasteiger partial charge in [0.05, 0.1) is 23.1 Å². The number of halogens is 3. The Bertz CT molecular complexity index is 1640. The van der Waals surface area contributed by atoms with Crippen molar-refractivity contribution in [3.8, 4) is 11.5 Å². The lowest BCUT2D eigenvalue weighted by Crippen LogP contribution is -2.79. The van der Waals surface area contributed by atoms with Gasteiger partial charge in [0.1, 0.15) is 11.7 Å². The summed E-state index contributed by atoms with van der Waals surface area (Å²) < 4.78 is 58.8. The number of hydrogen-bond donors (Lipinski definition) is 0. The molecular formula is C38H45F3N2O6. The Labute approximate surface area is 285 Å². The Morgan fingerprint density at radius 2 is 1.76 bits per heavy atom. The number of likely N-dealkylation sites (tertiary alicyclic amines) is 1. The highest BCUT2D eigenvalue weighted by atomic mass is 19.4. The van der Waals surface area contributed by atoms with Crippen LogP contribution in [0, 0.1) is 11.8 Å². The van der Waals surface area contributed by atoms with Gasteiger partial charge in [-0.2, -0.15) is 13.2 Å². The van der Waals surface area contributed by atoms with E-state index in [-0.39, 0.29) is 36.3 Å². The SMILES string of the molecule is CC(=O)Oc1ccc2c3c1OC1C(N(CC(C)C)C(=O)CCc4ccc(C(F)(F)F)cc4)CC[C@@]4(OC(C)=O)[C@@H](C2)N(CC2CC2)CC[C@]314. The molecule has 2 aromatic carbocycles. The average Bonchev–Trinajstić information content (AvgIpc) is 3.77. The molecule has 49 heavy (non-hydrogen) atoms. The first-order chi connectivity index (χ1) is 23.2. The first-order valence-electron chi connectivity index (χ1n) is 17.6. The molecule has 2 unspecified atom stereocenters. The maximum Gasteiger partial charge on any atom is 0.416 e. The van der Waals surface area contributed by atoms with E-state index < -0.39 is 34.8 Å². The number of nitrogens with zero attached hydrogens (tertiary/aromatic N) is 2. The molecule has 7 rings (SSSR count). The second-order valence-corrected chi connectivity index (χ2v) is 15.2. The van der Waals surface area contributed by atoms with Crippen molar-refractivity contribution in [2.45, 2.75) is 114 Å². The van der Waals surface area contributed by atoms with E-state index in [4.69, 9.17) is 14.2 Å². The summed E-state index contributed by atoms with van der Waals surface area (Å²) in [4.78, 5) is 44.0. The molecule has 0 aromatic heterocycles. The summed E-state index contributed by atoms with van der Waals surface area (Å²) in [5, 5.41) is 0. The minimum atomic E-state index is -4.43. The van der Waals surface area contributed by atoms with Gasteiger partial charge >= 0.3 is 18.1 Å². The van der Waals surface area contributed by atoms with E-state index in [0.29, 0.717) is 61.6 Å². The summed E-state index contributed by atoms with van der Waals surface area (Å²) in [6.45, 7) is 9.12. The third-order valence-electron chi connectivity index (χ3n) is 11.4. The van der Waals surface area contributed by atoms with Crippen molar-refractivity contribution in [3.05, 3.63) is 58.7 Å². The second-order valence-electron chi connectivity index (χ2n) is 15.2. The van der Waals surface area contributed by atoms with Gasteiger partial charge in [-0.05, 0) is 92.7 Å². The molecular weight excluding hydrogens is 637 g/mol. The molecule has 0 N–H and O–H groups in total. The normalized spacial score (nSPS) is 28.4. The van der Waals surface area contributed by atoms with Crippen LogP contribution in [0.2, 0.25) is 0 Å². The fourth-order valence-electron chi connectivity index (χ4n) is 9.50.